The van der Waals surface area contributed by atoms with E-state index in [9.17, 15) is 23.5 Å². The van der Waals surface area contributed by atoms with E-state index in [4.69, 9.17) is 9.47 Å². The first-order valence-corrected chi connectivity index (χ1v) is 11.9. The zero-order chi connectivity index (χ0) is 26.8. The number of methoxy groups -OCH3 is 1. The van der Waals surface area contributed by atoms with Crippen molar-refractivity contribution in [1.82, 2.24) is 0 Å². The molecule has 0 spiro atoms. The van der Waals surface area contributed by atoms with E-state index in [1.54, 1.807) is 30.3 Å². The largest absolute Gasteiger partial charge is 0.496 e. The van der Waals surface area contributed by atoms with Crippen LogP contribution in [0.1, 0.15) is 53.7 Å². The molecule has 194 valence electrons. The molecule has 0 bridgehead atoms. The lowest BCUT2D eigenvalue weighted by molar-refractivity contribution is -0.121. The summed E-state index contributed by atoms with van der Waals surface area (Å²) >= 11 is 0. The minimum atomic E-state index is -1.57. The van der Waals surface area contributed by atoms with Crippen molar-refractivity contribution >= 4 is 17.6 Å². The van der Waals surface area contributed by atoms with Crippen molar-refractivity contribution in [3.63, 3.8) is 0 Å². The molecule has 3 aromatic carbocycles. The standard InChI is InChI=1S/C29H29F2NO5/c1-28(2,24-13-21(31)8-11-25(24)36-3)17-29(35,14-18-4-6-20(30)7-5-18)15-26(33)32-22-9-10-23-19(12-22)16-37-27(23)34/h4-13,35H,14-17H2,1-3H3,(H,32,33). The van der Waals surface area contributed by atoms with E-state index >= 15 is 0 Å². The molecule has 0 aromatic heterocycles. The Morgan fingerprint density at radius 1 is 1.05 bits per heavy atom. The predicted molar refractivity (Wildman–Crippen MR) is 134 cm³/mol. The lowest BCUT2D eigenvalue weighted by atomic mass is 9.72. The van der Waals surface area contributed by atoms with Gasteiger partial charge in [-0.2, -0.15) is 0 Å². The van der Waals surface area contributed by atoms with E-state index in [-0.39, 0.29) is 25.9 Å². The Bertz CT molecular complexity index is 1320. The maximum Gasteiger partial charge on any atom is 0.338 e. The molecule has 2 N–H and O–H groups in total. The van der Waals surface area contributed by atoms with Gasteiger partial charge in [0, 0.05) is 23.2 Å². The molecule has 0 fully saturated rings. The molecule has 37 heavy (non-hydrogen) atoms. The van der Waals surface area contributed by atoms with Crippen LogP contribution in [-0.2, 0) is 28.0 Å². The van der Waals surface area contributed by atoms with Crippen LogP contribution in [0, 0.1) is 11.6 Å². The summed E-state index contributed by atoms with van der Waals surface area (Å²) in [4.78, 5) is 24.8. The van der Waals surface area contributed by atoms with Crippen LogP contribution in [0.15, 0.2) is 60.7 Å². The molecule has 0 saturated heterocycles. The van der Waals surface area contributed by atoms with Crippen LogP contribution >= 0.6 is 0 Å². The van der Waals surface area contributed by atoms with E-state index in [1.807, 2.05) is 13.8 Å². The molecule has 0 saturated carbocycles. The van der Waals surface area contributed by atoms with Gasteiger partial charge in [-0.15, -0.1) is 0 Å². The summed E-state index contributed by atoms with van der Waals surface area (Å²) < 4.78 is 38.1. The van der Waals surface area contributed by atoms with Crippen LogP contribution in [0.25, 0.3) is 0 Å². The fourth-order valence-electron chi connectivity index (χ4n) is 5.01. The zero-order valence-corrected chi connectivity index (χ0v) is 20.9. The van der Waals surface area contributed by atoms with E-state index in [0.29, 0.717) is 33.7 Å². The molecule has 6 nitrogen and oxygen atoms in total. The number of aliphatic hydroxyl groups is 1. The van der Waals surface area contributed by atoms with Gasteiger partial charge in [0.2, 0.25) is 5.91 Å². The number of rotatable bonds is 9. The smallest absolute Gasteiger partial charge is 0.338 e. The molecule has 1 aliphatic rings. The SMILES string of the molecule is COc1ccc(F)cc1C(C)(C)CC(O)(CC(=O)Nc1ccc2c(c1)COC2=O)Cc1ccc(F)cc1. The molecule has 0 aliphatic carbocycles. The Kier molecular flexibility index (Phi) is 7.32. The first-order valence-electron chi connectivity index (χ1n) is 11.9. The van der Waals surface area contributed by atoms with Crippen LogP contribution in [0.3, 0.4) is 0 Å². The lowest BCUT2D eigenvalue weighted by Crippen LogP contribution is -2.42. The number of cyclic esters (lactones) is 1. The minimum absolute atomic E-state index is 0.0638. The van der Waals surface area contributed by atoms with Crippen LogP contribution in [0.5, 0.6) is 5.75 Å². The molecule has 8 heteroatoms. The van der Waals surface area contributed by atoms with Gasteiger partial charge in [0.25, 0.3) is 0 Å². The van der Waals surface area contributed by atoms with Crippen molar-refractivity contribution in [2.24, 2.45) is 0 Å². The molecule has 1 heterocycles. The van der Waals surface area contributed by atoms with Gasteiger partial charge >= 0.3 is 5.97 Å². The van der Waals surface area contributed by atoms with Crippen LogP contribution in [0.4, 0.5) is 14.5 Å². The molecular weight excluding hydrogens is 480 g/mol. The van der Waals surface area contributed by atoms with Gasteiger partial charge in [-0.25, -0.2) is 13.6 Å². The lowest BCUT2D eigenvalue weighted by Gasteiger charge is -2.37. The molecule has 0 radical (unpaired) electrons. The summed E-state index contributed by atoms with van der Waals surface area (Å²) in [6.45, 7) is 3.82. The van der Waals surface area contributed by atoms with Crippen LogP contribution in [-0.4, -0.2) is 29.7 Å². The number of ether oxygens (including phenoxy) is 2. The van der Waals surface area contributed by atoms with Crippen molar-refractivity contribution in [1.29, 1.82) is 0 Å². The van der Waals surface area contributed by atoms with Gasteiger partial charge in [-0.1, -0.05) is 26.0 Å². The van der Waals surface area contributed by atoms with E-state index < -0.39 is 34.5 Å². The summed E-state index contributed by atoms with van der Waals surface area (Å²) in [6.07, 6.45) is -0.136. The highest BCUT2D eigenvalue weighted by Crippen LogP contribution is 2.40. The third-order valence-electron chi connectivity index (χ3n) is 6.57. The maximum absolute atomic E-state index is 14.2. The summed E-state index contributed by atoms with van der Waals surface area (Å²) in [5.74, 6) is -1.24. The normalized spacial score (nSPS) is 14.5. The first-order chi connectivity index (χ1) is 17.5. The number of nitrogens with one attached hydrogen (secondary N) is 1. The van der Waals surface area contributed by atoms with Gasteiger partial charge in [-0.3, -0.25) is 4.79 Å². The van der Waals surface area contributed by atoms with E-state index in [1.165, 1.54) is 37.4 Å². The zero-order valence-electron chi connectivity index (χ0n) is 20.9. The Balaban J connectivity index is 1.60. The van der Waals surface area contributed by atoms with Gasteiger partial charge in [0.15, 0.2) is 0 Å². The van der Waals surface area contributed by atoms with Gasteiger partial charge in [0.1, 0.15) is 24.0 Å². The van der Waals surface area contributed by atoms with Crippen molar-refractivity contribution < 1.29 is 33.0 Å². The van der Waals surface area contributed by atoms with Crippen molar-refractivity contribution in [3.8, 4) is 5.75 Å². The Morgan fingerprint density at radius 3 is 2.46 bits per heavy atom. The minimum Gasteiger partial charge on any atom is -0.496 e. The Labute approximate surface area is 214 Å². The maximum atomic E-state index is 14.2. The van der Waals surface area contributed by atoms with Crippen molar-refractivity contribution in [3.05, 3.63) is 94.6 Å². The summed E-state index contributed by atoms with van der Waals surface area (Å²) in [5, 5.41) is 14.6. The second kappa shape index (κ2) is 10.3. The van der Waals surface area contributed by atoms with Gasteiger partial charge < -0.3 is 19.9 Å². The van der Waals surface area contributed by atoms with Gasteiger partial charge in [0.05, 0.1) is 24.7 Å². The predicted octanol–water partition coefficient (Wildman–Crippen LogP) is 5.31. The Morgan fingerprint density at radius 2 is 1.76 bits per heavy atom. The van der Waals surface area contributed by atoms with Crippen molar-refractivity contribution in [2.75, 3.05) is 12.4 Å². The van der Waals surface area contributed by atoms with Crippen LogP contribution in [0.2, 0.25) is 0 Å². The third-order valence-corrected chi connectivity index (χ3v) is 6.57. The average Bonchev–Trinajstić information content (AvgIpc) is 3.19. The van der Waals surface area contributed by atoms with Gasteiger partial charge in [-0.05, 0) is 65.9 Å². The topological polar surface area (TPSA) is 84.9 Å². The molecule has 1 atom stereocenters. The first kappa shape index (κ1) is 26.3. The van der Waals surface area contributed by atoms with Crippen molar-refractivity contribution in [2.45, 2.75) is 50.7 Å². The average molecular weight is 510 g/mol. The molecule has 4 rings (SSSR count). The molecule has 1 aliphatic heterocycles. The fourth-order valence-corrected chi connectivity index (χ4v) is 5.01. The molecule has 3 aromatic rings. The number of hydrogen-bond donors (Lipinski definition) is 2. The number of hydrogen-bond acceptors (Lipinski definition) is 5. The molecule has 1 unspecified atom stereocenters. The van der Waals surface area contributed by atoms with E-state index in [2.05, 4.69) is 5.32 Å². The third kappa shape index (κ3) is 6.14. The number of carbonyl (C=O) groups excluding carboxylic acids is 2. The summed E-state index contributed by atoms with van der Waals surface area (Å²) in [5.41, 5.74) is 0.424. The second-order valence-electron chi connectivity index (χ2n) is 10.1. The monoisotopic (exact) mass is 509 g/mol. The number of anilines is 1. The molecule has 1 amide bonds. The van der Waals surface area contributed by atoms with Crippen LogP contribution < -0.4 is 10.1 Å². The van der Waals surface area contributed by atoms with E-state index in [0.717, 1.165) is 0 Å². The number of benzene rings is 3. The number of fused-ring (bicyclic) bond motifs is 1. The quantitative estimate of drug-likeness (QED) is 0.382. The highest BCUT2D eigenvalue weighted by molar-refractivity contribution is 5.96. The second-order valence-corrected chi connectivity index (χ2v) is 10.1. The highest BCUT2D eigenvalue weighted by Gasteiger charge is 2.39. The number of halogens is 2. The number of amides is 1. The highest BCUT2D eigenvalue weighted by atomic mass is 19.1. The number of esters is 1. The Hall–Kier alpha value is -3.78. The number of carbonyl (C=O) groups is 2. The summed E-state index contributed by atoms with van der Waals surface area (Å²) in [7, 11) is 1.49. The molecular formula is C29H29F2NO5. The fraction of sp³-hybridized carbons (Fsp3) is 0.310. The summed E-state index contributed by atoms with van der Waals surface area (Å²) in [6, 6.07) is 14.8.